The van der Waals surface area contributed by atoms with Gasteiger partial charge >= 0.3 is 0 Å². The average molecular weight is 890 g/mol. The maximum Gasteiger partial charge on any atom is 0.163 e. The summed E-state index contributed by atoms with van der Waals surface area (Å²) in [4.78, 5) is 5.60. The summed E-state index contributed by atoms with van der Waals surface area (Å²) in [5, 5.41) is 5.56. The van der Waals surface area contributed by atoms with E-state index in [9.17, 15) is 0 Å². The molecule has 1 heterocycles. The standard InChI is InChI=1S/C64H79N3/c1-9-10-11-15-26-47-35-54(43(2)3)59(55(36-47)44(4)5)67-60(65-61(66-67)62(6,7)8)52-30-32-57-56(37-52)53-31-29-51(50-27-20-14-21-28-50)38-58(53)64-41-48(33-45-22-16-12-17-23-45)39-63(57,64)40-49(42-64)34-46-24-18-13-19-25-46/h12-13,16-19,22-25,29-32,35-38,43-44,48-50H,9-11,14-15,20-21,26-28,33-34,39-42H2,1-8H3. The average Bonchev–Trinajstić information content (AvgIpc) is 4.01. The zero-order valence-corrected chi connectivity index (χ0v) is 42.4. The van der Waals surface area contributed by atoms with Gasteiger partial charge in [-0.15, -0.1) is 0 Å². The summed E-state index contributed by atoms with van der Waals surface area (Å²) in [7, 11) is 0. The minimum absolute atomic E-state index is 0.0742. The molecule has 350 valence electrons. The van der Waals surface area contributed by atoms with Gasteiger partial charge in [-0.2, -0.15) is 5.10 Å². The van der Waals surface area contributed by atoms with E-state index in [1.807, 2.05) is 0 Å². The number of aromatic nitrogens is 3. The number of aryl methyl sites for hydroxylation is 1. The van der Waals surface area contributed by atoms with Gasteiger partial charge in [0.05, 0.1) is 5.69 Å². The summed E-state index contributed by atoms with van der Waals surface area (Å²) in [6, 6.07) is 43.5. The van der Waals surface area contributed by atoms with Crippen LogP contribution >= 0.6 is 0 Å². The van der Waals surface area contributed by atoms with Crippen LogP contribution in [0.1, 0.15) is 207 Å². The lowest BCUT2D eigenvalue weighted by atomic mass is 9.55. The summed E-state index contributed by atoms with van der Waals surface area (Å²) in [5.74, 6) is 4.50. The fourth-order valence-electron chi connectivity index (χ4n) is 14.2. The molecule has 5 aromatic carbocycles. The van der Waals surface area contributed by atoms with Crippen LogP contribution in [-0.2, 0) is 35.5 Å². The SMILES string of the molecule is CCCCCCc1cc(C(C)C)c(-n2nc(C(C)(C)C)nc2-c2ccc3c(c2)-c2ccc(C4CCCCC4)cc2C24CC(Cc5ccccc5)CC32CC(Cc2ccccc2)C4)c(C(C)C)c1. The zero-order chi connectivity index (χ0) is 46.5. The Labute approximate surface area is 404 Å². The molecule has 3 fully saturated rings. The molecule has 3 saturated carbocycles. The van der Waals surface area contributed by atoms with Crippen LogP contribution < -0.4 is 0 Å². The summed E-state index contributed by atoms with van der Waals surface area (Å²) in [6.45, 7) is 18.6. The molecule has 67 heavy (non-hydrogen) atoms. The van der Waals surface area contributed by atoms with Crippen LogP contribution in [0, 0.1) is 11.8 Å². The van der Waals surface area contributed by atoms with Crippen LogP contribution in [0.3, 0.4) is 0 Å². The van der Waals surface area contributed by atoms with Gasteiger partial charge in [0, 0.05) is 21.8 Å². The first-order valence-electron chi connectivity index (χ1n) is 26.9. The van der Waals surface area contributed by atoms with E-state index in [2.05, 4.69) is 169 Å². The van der Waals surface area contributed by atoms with Gasteiger partial charge in [-0.3, -0.25) is 0 Å². The fourth-order valence-corrected chi connectivity index (χ4v) is 14.2. The van der Waals surface area contributed by atoms with Crippen LogP contribution in [0.5, 0.6) is 0 Å². The Hall–Kier alpha value is -4.76. The molecule has 2 unspecified atom stereocenters. The molecule has 0 bridgehead atoms. The van der Waals surface area contributed by atoms with E-state index in [0.29, 0.717) is 29.6 Å². The molecule has 4 aliphatic carbocycles. The second-order valence-electron chi connectivity index (χ2n) is 23.7. The van der Waals surface area contributed by atoms with Gasteiger partial charge in [0.2, 0.25) is 0 Å². The lowest BCUT2D eigenvalue weighted by molar-refractivity contribution is 0.298. The Balaban J connectivity index is 1.16. The van der Waals surface area contributed by atoms with Crippen molar-refractivity contribution in [3.63, 3.8) is 0 Å². The summed E-state index contributed by atoms with van der Waals surface area (Å²) < 4.78 is 2.29. The number of unbranched alkanes of at least 4 members (excludes halogenated alkanes) is 3. The van der Waals surface area contributed by atoms with Gasteiger partial charge in [-0.25, -0.2) is 9.67 Å². The quantitative estimate of drug-likeness (QED) is 0.102. The Kier molecular flexibility index (Phi) is 12.8. The van der Waals surface area contributed by atoms with Gasteiger partial charge in [0.15, 0.2) is 11.6 Å². The fraction of sp³-hybridized carbons (Fsp3) is 0.500. The highest BCUT2D eigenvalue weighted by Gasteiger charge is 2.66. The lowest BCUT2D eigenvalue weighted by Gasteiger charge is -2.48. The highest BCUT2D eigenvalue weighted by atomic mass is 15.4. The number of hydrogen-bond acceptors (Lipinski definition) is 2. The summed E-state index contributed by atoms with van der Waals surface area (Å²) in [5.41, 5.74) is 17.4. The van der Waals surface area contributed by atoms with Gasteiger partial charge in [-0.05, 0) is 155 Å². The minimum atomic E-state index is -0.209. The van der Waals surface area contributed by atoms with Crippen LogP contribution in [0.4, 0.5) is 0 Å². The molecule has 0 saturated heterocycles. The molecule has 1 aromatic heterocycles. The van der Waals surface area contributed by atoms with Crippen molar-refractivity contribution in [1.29, 1.82) is 0 Å². The zero-order valence-electron chi connectivity index (χ0n) is 42.4. The maximum absolute atomic E-state index is 5.60. The van der Waals surface area contributed by atoms with E-state index < -0.39 is 0 Å². The van der Waals surface area contributed by atoms with Crippen molar-refractivity contribution in [1.82, 2.24) is 14.8 Å². The third-order valence-electron chi connectivity index (χ3n) is 17.2. The second-order valence-corrected chi connectivity index (χ2v) is 23.7. The van der Waals surface area contributed by atoms with Crippen molar-refractivity contribution in [2.45, 2.75) is 192 Å². The number of rotatable bonds is 14. The Morgan fingerprint density at radius 1 is 0.612 bits per heavy atom. The van der Waals surface area contributed by atoms with Crippen LogP contribution in [0.15, 0.2) is 109 Å². The molecular weight excluding hydrogens is 811 g/mol. The Morgan fingerprint density at radius 2 is 1.21 bits per heavy atom. The van der Waals surface area contributed by atoms with Crippen molar-refractivity contribution >= 4 is 0 Å². The lowest BCUT2D eigenvalue weighted by Crippen LogP contribution is -2.43. The molecule has 0 spiro atoms. The monoisotopic (exact) mass is 890 g/mol. The molecule has 3 heteroatoms. The Morgan fingerprint density at radius 3 is 1.78 bits per heavy atom. The number of benzene rings is 5. The topological polar surface area (TPSA) is 30.7 Å². The summed E-state index contributed by atoms with van der Waals surface area (Å²) in [6.07, 6.45) is 20.3. The molecule has 0 radical (unpaired) electrons. The smallest absolute Gasteiger partial charge is 0.163 e. The van der Waals surface area contributed by atoms with E-state index >= 15 is 0 Å². The maximum atomic E-state index is 5.60. The first kappa shape index (κ1) is 46.0. The summed E-state index contributed by atoms with van der Waals surface area (Å²) >= 11 is 0. The highest BCUT2D eigenvalue weighted by Crippen LogP contribution is 2.72. The van der Waals surface area contributed by atoms with Crippen molar-refractivity contribution in [2.24, 2.45) is 11.8 Å². The van der Waals surface area contributed by atoms with Crippen LogP contribution in [-0.4, -0.2) is 14.8 Å². The van der Waals surface area contributed by atoms with Crippen molar-refractivity contribution in [3.8, 4) is 28.2 Å². The van der Waals surface area contributed by atoms with E-state index in [1.165, 1.54) is 134 Å². The van der Waals surface area contributed by atoms with Gasteiger partial charge in [0.1, 0.15) is 0 Å². The number of nitrogens with zero attached hydrogens (tertiary/aromatic N) is 3. The second kappa shape index (κ2) is 18.6. The van der Waals surface area contributed by atoms with Gasteiger partial charge in [-0.1, -0.05) is 197 Å². The molecular formula is C64H79N3. The number of fused-ring (bicyclic) bond motifs is 3. The third kappa shape index (κ3) is 8.58. The molecule has 6 aromatic rings. The first-order chi connectivity index (χ1) is 32.4. The van der Waals surface area contributed by atoms with Gasteiger partial charge in [0.25, 0.3) is 0 Å². The van der Waals surface area contributed by atoms with E-state index in [0.717, 1.165) is 30.9 Å². The molecule has 0 N–H and O–H groups in total. The van der Waals surface area contributed by atoms with Gasteiger partial charge < -0.3 is 0 Å². The minimum Gasteiger partial charge on any atom is -0.212 e. The van der Waals surface area contributed by atoms with E-state index in [-0.39, 0.29) is 16.2 Å². The predicted molar refractivity (Wildman–Crippen MR) is 282 cm³/mol. The van der Waals surface area contributed by atoms with Crippen LogP contribution in [0.2, 0.25) is 0 Å². The van der Waals surface area contributed by atoms with Crippen molar-refractivity contribution in [2.75, 3.05) is 0 Å². The largest absolute Gasteiger partial charge is 0.212 e. The highest BCUT2D eigenvalue weighted by molar-refractivity contribution is 5.83. The predicted octanol–water partition coefficient (Wildman–Crippen LogP) is 17.1. The molecule has 3 nitrogen and oxygen atoms in total. The molecule has 4 aliphatic rings. The van der Waals surface area contributed by atoms with E-state index in [4.69, 9.17) is 10.1 Å². The molecule has 10 rings (SSSR count). The Bertz CT molecular complexity index is 2590. The molecule has 0 aliphatic heterocycles. The molecule has 0 amide bonds. The molecule has 2 atom stereocenters. The third-order valence-corrected chi connectivity index (χ3v) is 17.2. The first-order valence-corrected chi connectivity index (χ1v) is 26.9. The number of hydrogen-bond donors (Lipinski definition) is 0. The normalized spacial score (nSPS) is 22.5. The van der Waals surface area contributed by atoms with Crippen LogP contribution in [0.25, 0.3) is 28.2 Å². The van der Waals surface area contributed by atoms with E-state index in [1.54, 1.807) is 16.7 Å². The van der Waals surface area contributed by atoms with Crippen molar-refractivity contribution in [3.05, 3.63) is 160 Å². The van der Waals surface area contributed by atoms with Crippen molar-refractivity contribution < 1.29 is 0 Å².